The van der Waals surface area contributed by atoms with Gasteiger partial charge in [0, 0.05) is 17.5 Å². The summed E-state index contributed by atoms with van der Waals surface area (Å²) in [5.41, 5.74) is 4.13. The number of nitrogens with one attached hydrogen (secondary N) is 1. The van der Waals surface area contributed by atoms with Crippen LogP contribution < -0.4 is 5.32 Å². The summed E-state index contributed by atoms with van der Waals surface area (Å²) in [7, 11) is 0. The van der Waals surface area contributed by atoms with Crippen LogP contribution in [0.1, 0.15) is 34.9 Å². The van der Waals surface area contributed by atoms with Gasteiger partial charge in [-0.15, -0.1) is 0 Å². The monoisotopic (exact) mass is 285 g/mol. The summed E-state index contributed by atoms with van der Waals surface area (Å²) < 4.78 is 0. The SMILES string of the molecule is Cc1ccccc1C1CCNCC1c1ccccc1Cl. The van der Waals surface area contributed by atoms with Crippen LogP contribution in [-0.2, 0) is 0 Å². The molecule has 1 aliphatic rings. The third kappa shape index (κ3) is 2.61. The summed E-state index contributed by atoms with van der Waals surface area (Å²) >= 11 is 6.42. The molecular formula is C18H20ClN. The molecule has 3 rings (SSSR count). The highest BCUT2D eigenvalue weighted by molar-refractivity contribution is 6.31. The molecule has 0 aromatic heterocycles. The minimum Gasteiger partial charge on any atom is -0.316 e. The Bertz CT molecular complexity index is 540. The second kappa shape index (κ2) is 5.99. The van der Waals surface area contributed by atoms with Crippen LogP contribution in [0.4, 0.5) is 0 Å². The first kappa shape index (κ1) is 13.7. The van der Waals surface area contributed by atoms with E-state index in [0.29, 0.717) is 11.8 Å². The van der Waals surface area contributed by atoms with Crippen LogP contribution in [0.15, 0.2) is 48.5 Å². The highest BCUT2D eigenvalue weighted by atomic mass is 35.5. The fourth-order valence-electron chi connectivity index (χ4n) is 3.34. The summed E-state index contributed by atoms with van der Waals surface area (Å²) in [6.45, 7) is 4.30. The van der Waals surface area contributed by atoms with Crippen LogP contribution in [0.2, 0.25) is 5.02 Å². The molecule has 0 radical (unpaired) electrons. The molecular weight excluding hydrogens is 266 g/mol. The van der Waals surface area contributed by atoms with Crippen molar-refractivity contribution in [3.8, 4) is 0 Å². The van der Waals surface area contributed by atoms with Crippen LogP contribution in [0, 0.1) is 6.92 Å². The molecule has 0 amide bonds. The summed E-state index contributed by atoms with van der Waals surface area (Å²) in [5.74, 6) is 1.01. The smallest absolute Gasteiger partial charge is 0.0441 e. The Morgan fingerprint density at radius 3 is 2.40 bits per heavy atom. The van der Waals surface area contributed by atoms with Gasteiger partial charge in [-0.3, -0.25) is 0 Å². The van der Waals surface area contributed by atoms with Gasteiger partial charge in [-0.05, 0) is 48.6 Å². The number of aryl methyl sites for hydroxylation is 1. The van der Waals surface area contributed by atoms with Crippen molar-refractivity contribution < 1.29 is 0 Å². The molecule has 1 fully saturated rings. The van der Waals surface area contributed by atoms with Gasteiger partial charge in [0.15, 0.2) is 0 Å². The minimum atomic E-state index is 0.457. The zero-order valence-corrected chi connectivity index (χ0v) is 12.5. The lowest BCUT2D eigenvalue weighted by Gasteiger charge is -2.34. The molecule has 2 heteroatoms. The second-order valence-corrected chi connectivity index (χ2v) is 5.99. The fourth-order valence-corrected chi connectivity index (χ4v) is 3.61. The van der Waals surface area contributed by atoms with Gasteiger partial charge in [0.2, 0.25) is 0 Å². The van der Waals surface area contributed by atoms with E-state index in [2.05, 4.69) is 48.6 Å². The standard InChI is InChI=1S/C18H20ClN/c1-13-6-2-3-7-14(13)15-10-11-20-12-17(15)16-8-4-5-9-18(16)19/h2-9,15,17,20H,10-12H2,1H3. The molecule has 2 atom stereocenters. The molecule has 1 aliphatic heterocycles. The summed E-state index contributed by atoms with van der Waals surface area (Å²) in [4.78, 5) is 0. The van der Waals surface area contributed by atoms with Gasteiger partial charge >= 0.3 is 0 Å². The fraction of sp³-hybridized carbons (Fsp3) is 0.333. The van der Waals surface area contributed by atoms with Crippen LogP contribution in [0.25, 0.3) is 0 Å². The largest absolute Gasteiger partial charge is 0.316 e. The highest BCUT2D eigenvalue weighted by Crippen LogP contribution is 2.40. The zero-order chi connectivity index (χ0) is 13.9. The Labute approximate surface area is 126 Å². The van der Waals surface area contributed by atoms with Crippen LogP contribution in [0.3, 0.4) is 0 Å². The highest BCUT2D eigenvalue weighted by Gasteiger charge is 2.29. The van der Waals surface area contributed by atoms with E-state index >= 15 is 0 Å². The maximum atomic E-state index is 6.42. The third-order valence-electron chi connectivity index (χ3n) is 4.37. The number of benzene rings is 2. The van der Waals surface area contributed by atoms with Gasteiger partial charge in [0.1, 0.15) is 0 Å². The molecule has 1 N–H and O–H groups in total. The molecule has 0 bridgehead atoms. The average Bonchev–Trinajstić information content (AvgIpc) is 2.48. The summed E-state index contributed by atoms with van der Waals surface area (Å²) in [6.07, 6.45) is 1.17. The first-order chi connectivity index (χ1) is 9.77. The topological polar surface area (TPSA) is 12.0 Å². The third-order valence-corrected chi connectivity index (χ3v) is 4.72. The minimum absolute atomic E-state index is 0.457. The molecule has 0 saturated carbocycles. The predicted molar refractivity (Wildman–Crippen MR) is 85.6 cm³/mol. The predicted octanol–water partition coefficient (Wildman–Crippen LogP) is 4.51. The quantitative estimate of drug-likeness (QED) is 0.856. The van der Waals surface area contributed by atoms with Crippen molar-refractivity contribution in [2.24, 2.45) is 0 Å². The lowest BCUT2D eigenvalue weighted by Crippen LogP contribution is -2.34. The first-order valence-electron chi connectivity index (χ1n) is 7.28. The molecule has 1 saturated heterocycles. The Kier molecular flexibility index (Phi) is 4.09. The normalized spacial score (nSPS) is 22.7. The lowest BCUT2D eigenvalue weighted by molar-refractivity contribution is 0.403. The first-order valence-corrected chi connectivity index (χ1v) is 7.66. The summed E-state index contributed by atoms with van der Waals surface area (Å²) in [6, 6.07) is 17.0. The Morgan fingerprint density at radius 2 is 1.65 bits per heavy atom. The molecule has 0 spiro atoms. The summed E-state index contributed by atoms with van der Waals surface area (Å²) in [5, 5.41) is 4.41. The Morgan fingerprint density at radius 1 is 0.950 bits per heavy atom. The molecule has 1 nitrogen and oxygen atoms in total. The average molecular weight is 286 g/mol. The van der Waals surface area contributed by atoms with Crippen molar-refractivity contribution in [2.45, 2.75) is 25.2 Å². The maximum absolute atomic E-state index is 6.42. The molecule has 2 aromatic carbocycles. The van der Waals surface area contributed by atoms with Crippen LogP contribution in [-0.4, -0.2) is 13.1 Å². The van der Waals surface area contributed by atoms with Crippen molar-refractivity contribution in [2.75, 3.05) is 13.1 Å². The van der Waals surface area contributed by atoms with E-state index in [0.717, 1.165) is 18.1 Å². The van der Waals surface area contributed by atoms with Gasteiger partial charge in [0.25, 0.3) is 0 Å². The van der Waals surface area contributed by atoms with E-state index in [4.69, 9.17) is 11.6 Å². The number of hydrogen-bond acceptors (Lipinski definition) is 1. The second-order valence-electron chi connectivity index (χ2n) is 5.58. The van der Waals surface area contributed by atoms with E-state index in [1.165, 1.54) is 23.1 Å². The van der Waals surface area contributed by atoms with E-state index in [1.807, 2.05) is 12.1 Å². The van der Waals surface area contributed by atoms with Gasteiger partial charge in [-0.1, -0.05) is 54.1 Å². The number of piperidine rings is 1. The Hall–Kier alpha value is -1.31. The van der Waals surface area contributed by atoms with Gasteiger partial charge < -0.3 is 5.32 Å². The zero-order valence-electron chi connectivity index (χ0n) is 11.8. The van der Waals surface area contributed by atoms with E-state index < -0.39 is 0 Å². The van der Waals surface area contributed by atoms with Crippen molar-refractivity contribution in [1.29, 1.82) is 0 Å². The van der Waals surface area contributed by atoms with Gasteiger partial charge in [0.05, 0.1) is 0 Å². The molecule has 20 heavy (non-hydrogen) atoms. The number of halogens is 1. The van der Waals surface area contributed by atoms with Crippen molar-refractivity contribution in [1.82, 2.24) is 5.32 Å². The van der Waals surface area contributed by atoms with Gasteiger partial charge in [-0.25, -0.2) is 0 Å². The number of rotatable bonds is 2. The van der Waals surface area contributed by atoms with Crippen LogP contribution in [0.5, 0.6) is 0 Å². The molecule has 1 heterocycles. The van der Waals surface area contributed by atoms with Crippen molar-refractivity contribution in [3.63, 3.8) is 0 Å². The molecule has 104 valence electrons. The van der Waals surface area contributed by atoms with Crippen LogP contribution >= 0.6 is 11.6 Å². The van der Waals surface area contributed by atoms with Gasteiger partial charge in [-0.2, -0.15) is 0 Å². The maximum Gasteiger partial charge on any atom is 0.0441 e. The van der Waals surface area contributed by atoms with E-state index in [-0.39, 0.29) is 0 Å². The molecule has 0 aliphatic carbocycles. The Balaban J connectivity index is 2.00. The molecule has 2 aromatic rings. The van der Waals surface area contributed by atoms with Crippen molar-refractivity contribution in [3.05, 3.63) is 70.2 Å². The molecule has 2 unspecified atom stereocenters. The van der Waals surface area contributed by atoms with E-state index in [9.17, 15) is 0 Å². The number of hydrogen-bond donors (Lipinski definition) is 1. The van der Waals surface area contributed by atoms with E-state index in [1.54, 1.807) is 0 Å². The van der Waals surface area contributed by atoms with Crippen molar-refractivity contribution >= 4 is 11.6 Å². The lowest BCUT2D eigenvalue weighted by atomic mass is 9.76.